The zero-order valence-corrected chi connectivity index (χ0v) is 13.6. The Kier molecular flexibility index (Phi) is 9.33. The first kappa shape index (κ1) is 16.6. The van der Waals surface area contributed by atoms with Crippen LogP contribution in [0.15, 0.2) is 36.4 Å². The Balaban J connectivity index is 0.000000581. The molecule has 0 aliphatic heterocycles. The molecule has 2 rings (SSSR count). The maximum absolute atomic E-state index is 2.75. The van der Waals surface area contributed by atoms with Crippen molar-refractivity contribution in [3.05, 3.63) is 42.0 Å². The highest BCUT2D eigenvalue weighted by Gasteiger charge is 1.94. The maximum Gasteiger partial charge on any atom is -0.0128 e. The van der Waals surface area contributed by atoms with Gasteiger partial charge < -0.3 is 0 Å². The zero-order valence-electron chi connectivity index (χ0n) is 11.3. The van der Waals surface area contributed by atoms with Gasteiger partial charge in [0.2, 0.25) is 0 Å². The van der Waals surface area contributed by atoms with Crippen LogP contribution in [-0.4, -0.2) is 0 Å². The first-order valence-corrected chi connectivity index (χ1v) is 7.67. The first-order valence-electron chi connectivity index (χ1n) is 6.28. The Morgan fingerprint density at radius 3 is 1.94 bits per heavy atom. The lowest BCUT2D eigenvalue weighted by atomic mass is 10.1. The van der Waals surface area contributed by atoms with Crippen molar-refractivity contribution < 1.29 is 0 Å². The van der Waals surface area contributed by atoms with Crippen LogP contribution in [0.3, 0.4) is 0 Å². The molecule has 0 heterocycles. The first-order chi connectivity index (χ1) is 8.29. The molecule has 2 unspecified atom stereocenters. The fraction of sp³-hybridized carbons (Fsp3) is 0.333. The molecule has 2 aromatic rings. The summed E-state index contributed by atoms with van der Waals surface area (Å²) in [4.78, 5) is 0. The van der Waals surface area contributed by atoms with Gasteiger partial charge in [0.15, 0.2) is 0 Å². The minimum Gasteiger partial charge on any atom is -0.133 e. The normalized spacial score (nSPS) is 8.82. The quantitative estimate of drug-likeness (QED) is 0.652. The fourth-order valence-corrected chi connectivity index (χ4v) is 1.97. The maximum atomic E-state index is 2.75. The standard InChI is InChI=1S/C11H12P2.2C2H6/c12-7-8-1-2-10-6-11(13)4-3-9(10)5-8;2*1-2/h1-6H,7,12-13H2;2*1-2H3. The molecule has 17 heavy (non-hydrogen) atoms. The molecule has 2 atom stereocenters. The summed E-state index contributed by atoms with van der Waals surface area (Å²) >= 11 is 0. The van der Waals surface area contributed by atoms with E-state index in [9.17, 15) is 0 Å². The van der Waals surface area contributed by atoms with Crippen LogP contribution in [0.2, 0.25) is 0 Å². The second-order valence-electron chi connectivity index (χ2n) is 3.15. The summed E-state index contributed by atoms with van der Waals surface area (Å²) < 4.78 is 0. The average molecular weight is 266 g/mol. The predicted molar refractivity (Wildman–Crippen MR) is 89.4 cm³/mol. The molecule has 2 aromatic carbocycles. The van der Waals surface area contributed by atoms with Crippen LogP contribution in [0.5, 0.6) is 0 Å². The minimum atomic E-state index is 1.03. The highest BCUT2D eigenvalue weighted by molar-refractivity contribution is 7.27. The third kappa shape index (κ3) is 5.15. The lowest BCUT2D eigenvalue weighted by Crippen LogP contribution is -1.88. The Hall–Kier alpha value is -0.440. The summed E-state index contributed by atoms with van der Waals surface area (Å²) in [6.07, 6.45) is 1.03. The van der Waals surface area contributed by atoms with Crippen LogP contribution in [-0.2, 0) is 6.16 Å². The van der Waals surface area contributed by atoms with Crippen LogP contribution in [0, 0.1) is 0 Å². The number of fused-ring (bicyclic) bond motifs is 1. The van der Waals surface area contributed by atoms with Gasteiger partial charge in [-0.15, -0.1) is 18.5 Å². The molecule has 0 saturated heterocycles. The van der Waals surface area contributed by atoms with Gasteiger partial charge in [0, 0.05) is 0 Å². The number of hydrogen-bond acceptors (Lipinski definition) is 0. The molecule has 2 heteroatoms. The Bertz CT molecular complexity index is 436. The molecule has 0 spiro atoms. The third-order valence-corrected chi connectivity index (χ3v) is 2.99. The molecule has 0 aliphatic rings. The number of hydrogen-bond donors (Lipinski definition) is 0. The summed E-state index contributed by atoms with van der Waals surface area (Å²) in [6, 6.07) is 13.1. The van der Waals surface area contributed by atoms with Crippen LogP contribution >= 0.6 is 18.5 Å². The number of benzene rings is 2. The molecule has 0 aliphatic carbocycles. The van der Waals surface area contributed by atoms with Crippen LogP contribution in [0.1, 0.15) is 33.3 Å². The SMILES string of the molecule is CC.CC.PCc1ccc2cc(P)ccc2c1. The molecule has 0 aromatic heterocycles. The van der Waals surface area contributed by atoms with Crippen molar-refractivity contribution in [2.24, 2.45) is 0 Å². The smallest absolute Gasteiger partial charge is 0.0128 e. The second-order valence-corrected chi connectivity index (χ2v) is 4.22. The summed E-state index contributed by atoms with van der Waals surface area (Å²) in [5.74, 6) is 0. The molecule has 0 radical (unpaired) electrons. The van der Waals surface area contributed by atoms with Gasteiger partial charge in [0.05, 0.1) is 0 Å². The highest BCUT2D eigenvalue weighted by atomic mass is 31.0. The van der Waals surface area contributed by atoms with Gasteiger partial charge in [0.1, 0.15) is 0 Å². The topological polar surface area (TPSA) is 0 Å². The van der Waals surface area contributed by atoms with Gasteiger partial charge in [-0.05, 0) is 33.9 Å². The van der Waals surface area contributed by atoms with E-state index in [0.717, 1.165) is 6.16 Å². The van der Waals surface area contributed by atoms with Gasteiger partial charge in [-0.3, -0.25) is 0 Å². The van der Waals surface area contributed by atoms with Crippen LogP contribution in [0.4, 0.5) is 0 Å². The Labute approximate surface area is 111 Å². The van der Waals surface area contributed by atoms with Gasteiger partial charge in [0.25, 0.3) is 0 Å². The van der Waals surface area contributed by atoms with Crippen molar-refractivity contribution in [3.63, 3.8) is 0 Å². The van der Waals surface area contributed by atoms with E-state index in [1.165, 1.54) is 21.6 Å². The second kappa shape index (κ2) is 9.58. The summed E-state index contributed by atoms with van der Waals surface area (Å²) in [5.41, 5.74) is 1.37. The Morgan fingerprint density at radius 2 is 1.35 bits per heavy atom. The lowest BCUT2D eigenvalue weighted by Gasteiger charge is -2.01. The van der Waals surface area contributed by atoms with E-state index in [2.05, 4.69) is 54.9 Å². The van der Waals surface area contributed by atoms with Gasteiger partial charge in [-0.25, -0.2) is 0 Å². The lowest BCUT2D eigenvalue weighted by molar-refractivity contribution is 1.45. The van der Waals surface area contributed by atoms with Crippen LogP contribution in [0.25, 0.3) is 10.8 Å². The molecule has 94 valence electrons. The molecular formula is C15H24P2. The third-order valence-electron chi connectivity index (χ3n) is 2.16. The summed E-state index contributed by atoms with van der Waals surface area (Å²) in [7, 11) is 5.47. The van der Waals surface area contributed by atoms with Gasteiger partial charge in [-0.2, -0.15) is 0 Å². The van der Waals surface area contributed by atoms with E-state index in [1.54, 1.807) is 0 Å². The van der Waals surface area contributed by atoms with E-state index in [-0.39, 0.29) is 0 Å². The van der Waals surface area contributed by atoms with E-state index in [1.807, 2.05) is 27.7 Å². The zero-order chi connectivity index (χ0) is 13.3. The largest absolute Gasteiger partial charge is 0.133 e. The van der Waals surface area contributed by atoms with Gasteiger partial charge in [-0.1, -0.05) is 58.0 Å². The fourth-order valence-electron chi connectivity index (χ4n) is 1.44. The summed E-state index contributed by atoms with van der Waals surface area (Å²) in [5, 5.41) is 3.88. The molecule has 0 saturated carbocycles. The molecule has 0 fully saturated rings. The average Bonchev–Trinajstić information content (AvgIpc) is 2.42. The van der Waals surface area contributed by atoms with E-state index in [4.69, 9.17) is 0 Å². The van der Waals surface area contributed by atoms with Gasteiger partial charge >= 0.3 is 0 Å². The van der Waals surface area contributed by atoms with Crippen molar-refractivity contribution in [1.82, 2.24) is 0 Å². The van der Waals surface area contributed by atoms with Crippen molar-refractivity contribution in [1.29, 1.82) is 0 Å². The van der Waals surface area contributed by atoms with E-state index in [0.29, 0.717) is 0 Å². The minimum absolute atomic E-state index is 1.03. The summed E-state index contributed by atoms with van der Waals surface area (Å²) in [6.45, 7) is 8.00. The van der Waals surface area contributed by atoms with E-state index < -0.39 is 0 Å². The van der Waals surface area contributed by atoms with Crippen molar-refractivity contribution >= 4 is 34.6 Å². The molecule has 0 nitrogen and oxygen atoms in total. The highest BCUT2D eigenvalue weighted by Crippen LogP contribution is 2.17. The molecular weight excluding hydrogens is 242 g/mol. The predicted octanol–water partition coefficient (Wildman–Crippen LogP) is 4.77. The molecule has 0 bridgehead atoms. The van der Waals surface area contributed by atoms with Crippen molar-refractivity contribution in [2.75, 3.05) is 0 Å². The molecule has 0 N–H and O–H groups in total. The van der Waals surface area contributed by atoms with Crippen LogP contribution < -0.4 is 5.30 Å². The van der Waals surface area contributed by atoms with Crippen molar-refractivity contribution in [2.45, 2.75) is 33.9 Å². The van der Waals surface area contributed by atoms with E-state index >= 15 is 0 Å². The number of rotatable bonds is 1. The monoisotopic (exact) mass is 266 g/mol. The Morgan fingerprint density at radius 1 is 0.824 bits per heavy atom. The molecule has 0 amide bonds. The van der Waals surface area contributed by atoms with Crippen molar-refractivity contribution in [3.8, 4) is 0 Å².